The largest absolute Gasteiger partial charge is 0.355 e. The van der Waals surface area contributed by atoms with Gasteiger partial charge in [0.1, 0.15) is 5.82 Å². The zero-order valence-electron chi connectivity index (χ0n) is 17.2. The molecule has 6 rings (SSSR count). The second-order valence-corrected chi connectivity index (χ2v) is 9.16. The topological polar surface area (TPSA) is 59.8 Å². The highest BCUT2D eigenvalue weighted by molar-refractivity contribution is 5.79. The molecule has 30 heavy (non-hydrogen) atoms. The number of hydrogen-bond donors (Lipinski definition) is 1. The molecule has 1 aliphatic heterocycles. The summed E-state index contributed by atoms with van der Waals surface area (Å²) in [5.74, 6) is 4.03. The molecule has 3 aromatic rings. The minimum atomic E-state index is -0.0112. The van der Waals surface area contributed by atoms with Crippen LogP contribution in [0.15, 0.2) is 48.5 Å². The highest BCUT2D eigenvalue weighted by Crippen LogP contribution is 2.60. The van der Waals surface area contributed by atoms with E-state index in [9.17, 15) is 4.79 Å². The zero-order valence-corrected chi connectivity index (χ0v) is 17.2. The van der Waals surface area contributed by atoms with Crippen LogP contribution >= 0.6 is 0 Å². The van der Waals surface area contributed by atoms with Gasteiger partial charge in [0.15, 0.2) is 5.82 Å². The van der Waals surface area contributed by atoms with E-state index in [1.807, 2.05) is 6.07 Å². The van der Waals surface area contributed by atoms with Crippen molar-refractivity contribution in [2.45, 2.75) is 38.6 Å². The molecule has 2 aliphatic carbocycles. The number of nitrogens with one attached hydrogen (secondary N) is 1. The highest BCUT2D eigenvalue weighted by Gasteiger charge is 2.55. The van der Waals surface area contributed by atoms with Gasteiger partial charge in [0.25, 0.3) is 0 Å². The summed E-state index contributed by atoms with van der Waals surface area (Å²) in [6, 6.07) is 17.1. The van der Waals surface area contributed by atoms with Gasteiger partial charge in [0, 0.05) is 25.1 Å². The minimum Gasteiger partial charge on any atom is -0.355 e. The molecular weight excluding hydrogens is 372 g/mol. The number of nitrogens with zero attached hydrogens (tertiary/aromatic N) is 3. The van der Waals surface area contributed by atoms with E-state index in [1.165, 1.54) is 23.1 Å². The standard InChI is InChI=1S/C25H26N4O/c1-15-5-4-7-17(11-15)24-28-27-22-10-9-18(14-29(22)24)25(30)26-13-21-20-12-16-6-2-3-8-19(16)23(20)21/h2-8,11,18,20-21,23H,9-10,12-14H2,1H3,(H,26,30). The van der Waals surface area contributed by atoms with Gasteiger partial charge in [0.05, 0.1) is 5.92 Å². The predicted molar refractivity (Wildman–Crippen MR) is 115 cm³/mol. The number of carbonyl (C=O) groups is 1. The first kappa shape index (κ1) is 17.9. The van der Waals surface area contributed by atoms with E-state index in [-0.39, 0.29) is 11.8 Å². The van der Waals surface area contributed by atoms with Crippen molar-refractivity contribution in [2.75, 3.05) is 6.54 Å². The third-order valence-electron chi connectivity index (χ3n) is 7.31. The first-order valence-electron chi connectivity index (χ1n) is 11.0. The summed E-state index contributed by atoms with van der Waals surface area (Å²) < 4.78 is 2.14. The van der Waals surface area contributed by atoms with Crippen LogP contribution in [0.5, 0.6) is 0 Å². The molecule has 4 unspecified atom stereocenters. The molecule has 1 saturated carbocycles. The predicted octanol–water partition coefficient (Wildman–Crippen LogP) is 3.52. The molecule has 4 atom stereocenters. The van der Waals surface area contributed by atoms with Crippen molar-refractivity contribution in [3.8, 4) is 11.4 Å². The molecule has 1 amide bonds. The second-order valence-electron chi connectivity index (χ2n) is 9.16. The number of hydrogen-bond acceptors (Lipinski definition) is 3. The number of aromatic nitrogens is 3. The Kier molecular flexibility index (Phi) is 4.05. The van der Waals surface area contributed by atoms with E-state index in [1.54, 1.807) is 0 Å². The zero-order chi connectivity index (χ0) is 20.2. The van der Waals surface area contributed by atoms with E-state index in [0.717, 1.165) is 42.5 Å². The molecule has 3 aliphatic rings. The Bertz CT molecular complexity index is 1130. The van der Waals surface area contributed by atoms with Crippen molar-refractivity contribution in [2.24, 2.45) is 17.8 Å². The van der Waals surface area contributed by atoms with Crippen LogP contribution in [-0.2, 0) is 24.2 Å². The van der Waals surface area contributed by atoms with Gasteiger partial charge in [-0.25, -0.2) is 0 Å². The summed E-state index contributed by atoms with van der Waals surface area (Å²) in [6.07, 6.45) is 2.83. The fraction of sp³-hybridized carbons (Fsp3) is 0.400. The van der Waals surface area contributed by atoms with E-state index in [4.69, 9.17) is 0 Å². The second kappa shape index (κ2) is 6.79. The summed E-state index contributed by atoms with van der Waals surface area (Å²) >= 11 is 0. The van der Waals surface area contributed by atoms with E-state index < -0.39 is 0 Å². The first-order chi connectivity index (χ1) is 14.7. The van der Waals surface area contributed by atoms with Crippen LogP contribution < -0.4 is 5.32 Å². The molecule has 0 saturated heterocycles. The van der Waals surface area contributed by atoms with Crippen molar-refractivity contribution >= 4 is 5.91 Å². The maximum Gasteiger partial charge on any atom is 0.224 e. The molecule has 1 fully saturated rings. The molecule has 0 radical (unpaired) electrons. The highest BCUT2D eigenvalue weighted by atomic mass is 16.1. The van der Waals surface area contributed by atoms with Crippen LogP contribution in [0.1, 0.15) is 34.9 Å². The molecule has 5 nitrogen and oxygen atoms in total. The van der Waals surface area contributed by atoms with Gasteiger partial charge >= 0.3 is 0 Å². The molecule has 152 valence electrons. The summed E-state index contributed by atoms with van der Waals surface area (Å²) in [4.78, 5) is 13.0. The van der Waals surface area contributed by atoms with Crippen molar-refractivity contribution in [1.82, 2.24) is 20.1 Å². The Morgan fingerprint density at radius 1 is 1.17 bits per heavy atom. The van der Waals surface area contributed by atoms with Gasteiger partial charge in [-0.3, -0.25) is 4.79 Å². The first-order valence-corrected chi connectivity index (χ1v) is 11.0. The Balaban J connectivity index is 1.12. The van der Waals surface area contributed by atoms with E-state index >= 15 is 0 Å². The number of aryl methyl sites for hydroxylation is 2. The summed E-state index contributed by atoms with van der Waals surface area (Å²) in [6.45, 7) is 3.55. The smallest absolute Gasteiger partial charge is 0.224 e. The quantitative estimate of drug-likeness (QED) is 0.732. The lowest BCUT2D eigenvalue weighted by Gasteiger charge is -2.24. The molecule has 2 aromatic carbocycles. The molecule has 0 bridgehead atoms. The number of benzene rings is 2. The lowest BCUT2D eigenvalue weighted by Crippen LogP contribution is -2.37. The van der Waals surface area contributed by atoms with Crippen LogP contribution in [0.25, 0.3) is 11.4 Å². The van der Waals surface area contributed by atoms with Crippen LogP contribution in [0.4, 0.5) is 0 Å². The van der Waals surface area contributed by atoms with E-state index in [0.29, 0.717) is 18.4 Å². The van der Waals surface area contributed by atoms with Crippen molar-refractivity contribution in [3.63, 3.8) is 0 Å². The monoisotopic (exact) mass is 398 g/mol. The normalized spacial score (nSPS) is 25.9. The van der Waals surface area contributed by atoms with Crippen LogP contribution in [-0.4, -0.2) is 27.2 Å². The molecule has 5 heteroatoms. The average molecular weight is 399 g/mol. The molecule has 0 spiro atoms. The number of fused-ring (bicyclic) bond motifs is 4. The fourth-order valence-electron chi connectivity index (χ4n) is 5.66. The fourth-order valence-corrected chi connectivity index (χ4v) is 5.66. The Hall–Kier alpha value is -2.95. The number of amides is 1. The minimum absolute atomic E-state index is 0.0112. The van der Waals surface area contributed by atoms with Crippen LogP contribution in [0.3, 0.4) is 0 Å². The van der Waals surface area contributed by atoms with Crippen molar-refractivity contribution < 1.29 is 4.79 Å². The maximum atomic E-state index is 13.0. The van der Waals surface area contributed by atoms with Gasteiger partial charge in [-0.05, 0) is 54.7 Å². The molecule has 2 heterocycles. The lowest BCUT2D eigenvalue weighted by molar-refractivity contribution is -0.126. The maximum absolute atomic E-state index is 13.0. The van der Waals surface area contributed by atoms with Gasteiger partial charge in [-0.15, -0.1) is 10.2 Å². The summed E-state index contributed by atoms with van der Waals surface area (Å²) in [5.41, 5.74) is 5.29. The van der Waals surface area contributed by atoms with Crippen LogP contribution in [0.2, 0.25) is 0 Å². The van der Waals surface area contributed by atoms with Gasteiger partial charge < -0.3 is 9.88 Å². The van der Waals surface area contributed by atoms with E-state index in [2.05, 4.69) is 69.5 Å². The van der Waals surface area contributed by atoms with Crippen LogP contribution in [0, 0.1) is 24.7 Å². The summed E-state index contributed by atoms with van der Waals surface area (Å²) in [5, 5.41) is 12.1. The number of carbonyl (C=O) groups excluding carboxylic acids is 1. The van der Waals surface area contributed by atoms with Gasteiger partial charge in [-0.2, -0.15) is 0 Å². The van der Waals surface area contributed by atoms with Gasteiger partial charge in [0.2, 0.25) is 5.91 Å². The Labute approximate surface area is 176 Å². The Morgan fingerprint density at radius 3 is 2.97 bits per heavy atom. The van der Waals surface area contributed by atoms with Crippen molar-refractivity contribution in [3.05, 3.63) is 71.0 Å². The lowest BCUT2D eigenvalue weighted by atomic mass is 9.97. The van der Waals surface area contributed by atoms with Crippen molar-refractivity contribution in [1.29, 1.82) is 0 Å². The average Bonchev–Trinajstić information content (AvgIpc) is 3.10. The Morgan fingerprint density at radius 2 is 2.07 bits per heavy atom. The van der Waals surface area contributed by atoms with Gasteiger partial charge in [-0.1, -0.05) is 48.0 Å². The SMILES string of the molecule is Cc1cccc(-c2nnc3n2CC(C(=O)NCC2C4Cc5ccccc5C24)CC3)c1. The summed E-state index contributed by atoms with van der Waals surface area (Å²) in [7, 11) is 0. The molecule has 1 N–H and O–H groups in total. The third kappa shape index (κ3) is 2.87. The third-order valence-corrected chi connectivity index (χ3v) is 7.31. The molecule has 1 aromatic heterocycles. The number of rotatable bonds is 4. The molecular formula is C25H26N4O.